The molecule has 5 heteroatoms. The number of rotatable bonds is 8. The van der Waals surface area contributed by atoms with Gasteiger partial charge in [-0.1, -0.05) is 48.0 Å². The van der Waals surface area contributed by atoms with E-state index in [2.05, 4.69) is 45.2 Å². The minimum Gasteiger partial charge on any atom is -0.291 e. The lowest BCUT2D eigenvalue weighted by Gasteiger charge is -2.23. The molecule has 0 aliphatic carbocycles. The van der Waals surface area contributed by atoms with Crippen LogP contribution in [-0.4, -0.2) is 27.6 Å². The quantitative estimate of drug-likeness (QED) is 0.496. The fourth-order valence-electron chi connectivity index (χ4n) is 3.47. The molecule has 0 amide bonds. The van der Waals surface area contributed by atoms with E-state index in [4.69, 9.17) is 16.6 Å². The van der Waals surface area contributed by atoms with Crippen molar-refractivity contribution in [1.29, 1.82) is 0 Å². The summed E-state index contributed by atoms with van der Waals surface area (Å²) in [6, 6.07) is 18.3. The van der Waals surface area contributed by atoms with Crippen LogP contribution in [0.15, 0.2) is 83.8 Å². The first kappa shape index (κ1) is 19.5. The largest absolute Gasteiger partial charge is 0.291 e. The summed E-state index contributed by atoms with van der Waals surface area (Å²) in [6.45, 7) is 2.30. The van der Waals surface area contributed by atoms with Crippen molar-refractivity contribution in [3.63, 3.8) is 0 Å². The second-order valence-corrected chi connectivity index (χ2v) is 7.49. The summed E-state index contributed by atoms with van der Waals surface area (Å²) in [5.74, 6) is 0. The molecule has 0 spiro atoms. The van der Waals surface area contributed by atoms with Crippen molar-refractivity contribution in [3.8, 4) is 11.1 Å². The molecule has 2 aromatic heterocycles. The van der Waals surface area contributed by atoms with Gasteiger partial charge in [0.1, 0.15) is 0 Å². The van der Waals surface area contributed by atoms with Gasteiger partial charge in [-0.2, -0.15) is 0 Å². The van der Waals surface area contributed by atoms with E-state index in [1.54, 1.807) is 6.20 Å². The van der Waals surface area contributed by atoms with Crippen molar-refractivity contribution in [2.24, 2.45) is 4.99 Å². The smallest absolute Gasteiger partial charge is 0.0729 e. The molecule has 3 heterocycles. The Morgan fingerprint density at radius 2 is 1.62 bits per heavy atom. The lowest BCUT2D eigenvalue weighted by molar-refractivity contribution is 0.254. The average Bonchev–Trinajstić information content (AvgIpc) is 3.28. The molecule has 146 valence electrons. The molecule has 1 aromatic carbocycles. The molecule has 0 radical (unpaired) electrons. The molecule has 1 aliphatic rings. The van der Waals surface area contributed by atoms with Gasteiger partial charge in [-0.3, -0.25) is 19.9 Å². The van der Waals surface area contributed by atoms with E-state index in [1.165, 1.54) is 11.1 Å². The maximum absolute atomic E-state index is 6.39. The molecule has 0 bridgehead atoms. The van der Waals surface area contributed by atoms with E-state index in [0.29, 0.717) is 11.6 Å². The predicted molar refractivity (Wildman–Crippen MR) is 119 cm³/mol. The lowest BCUT2D eigenvalue weighted by Crippen LogP contribution is -2.26. The molecule has 0 saturated heterocycles. The second-order valence-electron chi connectivity index (χ2n) is 7.08. The summed E-state index contributed by atoms with van der Waals surface area (Å²) in [7, 11) is 0. The van der Waals surface area contributed by atoms with E-state index >= 15 is 0 Å². The number of halogens is 1. The molecule has 29 heavy (non-hydrogen) atoms. The number of nitrogens with zero attached hydrogens (tertiary/aromatic N) is 4. The Kier molecular flexibility index (Phi) is 6.45. The Bertz CT molecular complexity index is 1010. The molecular weight excluding hydrogens is 380 g/mol. The molecule has 0 saturated carbocycles. The highest BCUT2D eigenvalue weighted by Crippen LogP contribution is 2.25. The van der Waals surface area contributed by atoms with E-state index in [9.17, 15) is 0 Å². The fourth-order valence-corrected chi connectivity index (χ4v) is 3.65. The van der Waals surface area contributed by atoms with E-state index in [0.717, 1.165) is 42.9 Å². The van der Waals surface area contributed by atoms with Gasteiger partial charge in [0, 0.05) is 56.4 Å². The van der Waals surface area contributed by atoms with Gasteiger partial charge >= 0.3 is 0 Å². The second kappa shape index (κ2) is 9.59. The highest BCUT2D eigenvalue weighted by molar-refractivity contribution is 6.31. The molecule has 1 aliphatic heterocycles. The summed E-state index contributed by atoms with van der Waals surface area (Å²) in [5.41, 5.74) is 5.64. The zero-order valence-electron chi connectivity index (χ0n) is 16.2. The molecule has 0 N–H and O–H groups in total. The molecule has 4 rings (SSSR count). The van der Waals surface area contributed by atoms with Crippen molar-refractivity contribution in [2.75, 3.05) is 6.54 Å². The number of hydrogen-bond donors (Lipinski definition) is 0. The van der Waals surface area contributed by atoms with E-state index in [-0.39, 0.29) is 0 Å². The van der Waals surface area contributed by atoms with Crippen molar-refractivity contribution in [2.45, 2.75) is 25.9 Å². The normalized spacial score (nSPS) is 13.1. The summed E-state index contributed by atoms with van der Waals surface area (Å²) in [4.78, 5) is 15.8. The van der Waals surface area contributed by atoms with E-state index < -0.39 is 0 Å². The number of benzene rings is 1. The van der Waals surface area contributed by atoms with Crippen LogP contribution in [0.4, 0.5) is 0 Å². The topological polar surface area (TPSA) is 41.4 Å². The molecule has 3 aromatic rings. The maximum atomic E-state index is 6.39. The molecule has 0 unspecified atom stereocenters. The van der Waals surface area contributed by atoms with Crippen molar-refractivity contribution < 1.29 is 0 Å². The SMILES string of the molecule is Clc1cccnc1CN(CCC1=CN=CC1)Cc1ncccc1-c1ccccc1. The Morgan fingerprint density at radius 1 is 0.862 bits per heavy atom. The third-order valence-electron chi connectivity index (χ3n) is 5.02. The van der Waals surface area contributed by atoms with Crippen LogP contribution >= 0.6 is 11.6 Å². The van der Waals surface area contributed by atoms with Crippen LogP contribution in [0.1, 0.15) is 24.2 Å². The Balaban J connectivity index is 1.57. The van der Waals surface area contributed by atoms with Crippen molar-refractivity contribution in [1.82, 2.24) is 14.9 Å². The van der Waals surface area contributed by atoms with Crippen LogP contribution in [0.3, 0.4) is 0 Å². The first-order chi connectivity index (χ1) is 14.3. The Labute approximate surface area is 176 Å². The number of hydrogen-bond acceptors (Lipinski definition) is 4. The molecule has 4 nitrogen and oxygen atoms in total. The van der Waals surface area contributed by atoms with Gasteiger partial charge in [0.25, 0.3) is 0 Å². The number of aromatic nitrogens is 2. The first-order valence-corrected chi connectivity index (χ1v) is 10.2. The first-order valence-electron chi connectivity index (χ1n) is 9.80. The molecule has 0 fully saturated rings. The van der Waals surface area contributed by atoms with Gasteiger partial charge in [-0.25, -0.2) is 0 Å². The van der Waals surface area contributed by atoms with Gasteiger partial charge in [-0.15, -0.1) is 0 Å². The molecular formula is C24H23ClN4. The van der Waals surface area contributed by atoms with Crippen LogP contribution < -0.4 is 0 Å². The monoisotopic (exact) mass is 402 g/mol. The summed E-state index contributed by atoms with van der Waals surface area (Å²) in [6.07, 6.45) is 9.50. The van der Waals surface area contributed by atoms with Crippen LogP contribution in [0, 0.1) is 0 Å². The molecule has 0 atom stereocenters. The van der Waals surface area contributed by atoms with Gasteiger partial charge in [0.15, 0.2) is 0 Å². The van der Waals surface area contributed by atoms with Crippen LogP contribution in [0.25, 0.3) is 11.1 Å². The predicted octanol–water partition coefficient (Wildman–Crippen LogP) is 5.55. The summed E-state index contributed by atoms with van der Waals surface area (Å²) < 4.78 is 0. The van der Waals surface area contributed by atoms with Crippen molar-refractivity contribution in [3.05, 3.63) is 95.2 Å². The zero-order valence-corrected chi connectivity index (χ0v) is 17.0. The maximum Gasteiger partial charge on any atom is 0.0729 e. The number of pyridine rings is 2. The highest BCUT2D eigenvalue weighted by atomic mass is 35.5. The van der Waals surface area contributed by atoms with Crippen molar-refractivity contribution >= 4 is 17.8 Å². The fraction of sp³-hybridized carbons (Fsp3) is 0.208. The minimum absolute atomic E-state index is 0.679. The average molecular weight is 403 g/mol. The van der Waals surface area contributed by atoms with Gasteiger partial charge < -0.3 is 0 Å². The third-order valence-corrected chi connectivity index (χ3v) is 5.37. The van der Waals surface area contributed by atoms with Crippen LogP contribution in [-0.2, 0) is 13.1 Å². The lowest BCUT2D eigenvalue weighted by atomic mass is 10.0. The third kappa shape index (κ3) is 5.17. The Morgan fingerprint density at radius 3 is 2.38 bits per heavy atom. The highest BCUT2D eigenvalue weighted by Gasteiger charge is 2.15. The summed E-state index contributed by atoms with van der Waals surface area (Å²) >= 11 is 6.39. The van der Waals surface area contributed by atoms with Gasteiger partial charge in [0.2, 0.25) is 0 Å². The van der Waals surface area contributed by atoms with Crippen LogP contribution in [0.2, 0.25) is 5.02 Å². The minimum atomic E-state index is 0.679. The Hall–Kier alpha value is -2.82. The summed E-state index contributed by atoms with van der Waals surface area (Å²) in [5, 5.41) is 0.699. The van der Waals surface area contributed by atoms with Gasteiger partial charge in [0.05, 0.1) is 16.4 Å². The van der Waals surface area contributed by atoms with Gasteiger partial charge in [-0.05, 0) is 35.8 Å². The standard InChI is InChI=1S/C24H23ClN4/c25-22-9-5-13-28-24(22)18-29(15-11-19-10-14-26-16-19)17-23-21(8-4-12-27-23)20-6-2-1-3-7-20/h1-9,12-14,16H,10-11,15,17-18H2. The van der Waals surface area contributed by atoms with Crippen LogP contribution in [0.5, 0.6) is 0 Å². The zero-order chi connectivity index (χ0) is 19.9. The van der Waals surface area contributed by atoms with E-state index in [1.807, 2.05) is 42.9 Å². The number of aliphatic imine (C=N–C) groups is 1.